The Kier molecular flexibility index (Phi) is 5.73. The fourth-order valence-corrected chi connectivity index (χ4v) is 2.08. The van der Waals surface area contributed by atoms with Crippen molar-refractivity contribution >= 4 is 11.4 Å². The van der Waals surface area contributed by atoms with E-state index in [1.807, 2.05) is 56.3 Å². The number of nitrogens with zero attached hydrogens (tertiary/aromatic N) is 2. The molecule has 0 saturated carbocycles. The van der Waals surface area contributed by atoms with E-state index < -0.39 is 0 Å². The molecule has 0 saturated heterocycles. The minimum Gasteiger partial charge on any atom is -0.384 e. The molecule has 0 amide bonds. The number of aliphatic imine (C=N–C) groups is 1. The number of nitrogens with one attached hydrogen (secondary N) is 2. The zero-order chi connectivity index (χ0) is 17.5. The monoisotopic (exact) mass is 321 g/mol. The second-order valence-electron chi connectivity index (χ2n) is 5.37. The van der Waals surface area contributed by atoms with Gasteiger partial charge in [0.25, 0.3) is 0 Å². The molecule has 1 aromatic carbocycles. The van der Waals surface area contributed by atoms with Crippen molar-refractivity contribution in [1.82, 2.24) is 10.3 Å². The molecule has 0 unspecified atom stereocenters. The van der Waals surface area contributed by atoms with Crippen LogP contribution in [0.25, 0.3) is 0 Å². The number of aromatic nitrogens is 1. The van der Waals surface area contributed by atoms with Gasteiger partial charge in [0.2, 0.25) is 0 Å². The van der Waals surface area contributed by atoms with Gasteiger partial charge in [-0.1, -0.05) is 24.8 Å². The smallest absolute Gasteiger partial charge is 0.126 e. The zero-order valence-electron chi connectivity index (χ0n) is 14.3. The molecule has 0 atom stereocenters. The molecule has 0 radical (unpaired) electrons. The molecule has 4 N–H and O–H groups in total. The first-order valence-electron chi connectivity index (χ1n) is 7.68. The fourth-order valence-electron chi connectivity index (χ4n) is 2.08. The molecule has 124 valence electrons. The molecule has 0 fully saturated rings. The van der Waals surface area contributed by atoms with Crippen LogP contribution in [-0.2, 0) is 0 Å². The van der Waals surface area contributed by atoms with Crippen molar-refractivity contribution in [2.24, 2.45) is 10.7 Å². The molecular formula is C19H23N5. The SMILES string of the molecule is C=C(Nc1ccccc1)C(/N=C(\C)c1ccc(C)nc1)=C(\N)NC. The minimum atomic E-state index is 0.447. The van der Waals surface area contributed by atoms with Crippen molar-refractivity contribution in [3.8, 4) is 0 Å². The van der Waals surface area contributed by atoms with E-state index in [1.165, 1.54) is 0 Å². The molecule has 1 heterocycles. The molecule has 0 aliphatic rings. The molecule has 0 bridgehead atoms. The molecule has 1 aromatic heterocycles. The third-order valence-corrected chi connectivity index (χ3v) is 3.49. The normalized spacial score (nSPS) is 12.4. The number of anilines is 1. The molecule has 24 heavy (non-hydrogen) atoms. The molecule has 5 heteroatoms. The maximum atomic E-state index is 6.07. The summed E-state index contributed by atoms with van der Waals surface area (Å²) in [6, 6.07) is 13.7. The Hall–Kier alpha value is -3.08. The van der Waals surface area contributed by atoms with Crippen LogP contribution in [0.1, 0.15) is 18.2 Å². The molecular weight excluding hydrogens is 298 g/mol. The predicted octanol–water partition coefficient (Wildman–Crippen LogP) is 3.17. The van der Waals surface area contributed by atoms with Gasteiger partial charge in [-0.15, -0.1) is 0 Å². The maximum Gasteiger partial charge on any atom is 0.126 e. The lowest BCUT2D eigenvalue weighted by molar-refractivity contribution is 0.931. The first-order chi connectivity index (χ1) is 11.5. The van der Waals surface area contributed by atoms with Gasteiger partial charge >= 0.3 is 0 Å². The Morgan fingerprint density at radius 3 is 2.46 bits per heavy atom. The highest BCUT2D eigenvalue weighted by atomic mass is 15.0. The van der Waals surface area contributed by atoms with Gasteiger partial charge in [-0.05, 0) is 38.1 Å². The van der Waals surface area contributed by atoms with E-state index in [1.54, 1.807) is 13.2 Å². The van der Waals surface area contributed by atoms with Gasteiger partial charge in [-0.2, -0.15) is 0 Å². The molecule has 0 spiro atoms. The van der Waals surface area contributed by atoms with Crippen LogP contribution in [0, 0.1) is 6.92 Å². The quantitative estimate of drug-likeness (QED) is 0.564. The van der Waals surface area contributed by atoms with Gasteiger partial charge in [-0.3, -0.25) is 4.98 Å². The molecule has 0 aliphatic heterocycles. The largest absolute Gasteiger partial charge is 0.384 e. The van der Waals surface area contributed by atoms with Crippen LogP contribution in [0.5, 0.6) is 0 Å². The third-order valence-electron chi connectivity index (χ3n) is 3.49. The standard InChI is InChI=1S/C19H23N5/c1-13-10-11-16(12-22-13)14(2)24-18(19(20)21-4)15(3)23-17-8-6-5-7-9-17/h5-12,21,23H,3,20H2,1-2,4H3/b19-18-,24-14+. The van der Waals surface area contributed by atoms with Crippen molar-refractivity contribution in [2.75, 3.05) is 12.4 Å². The number of rotatable bonds is 6. The zero-order valence-corrected chi connectivity index (χ0v) is 14.3. The summed E-state index contributed by atoms with van der Waals surface area (Å²) in [5.41, 5.74) is 10.9. The van der Waals surface area contributed by atoms with Gasteiger partial charge in [0.1, 0.15) is 11.5 Å². The van der Waals surface area contributed by atoms with Crippen LogP contribution in [0.15, 0.2) is 77.4 Å². The summed E-state index contributed by atoms with van der Waals surface area (Å²) in [4.78, 5) is 8.95. The van der Waals surface area contributed by atoms with E-state index in [2.05, 4.69) is 27.2 Å². The van der Waals surface area contributed by atoms with E-state index >= 15 is 0 Å². The number of para-hydroxylation sites is 1. The number of hydrogen-bond acceptors (Lipinski definition) is 5. The topological polar surface area (TPSA) is 75.3 Å². The Morgan fingerprint density at radius 1 is 1.17 bits per heavy atom. The average Bonchev–Trinajstić information content (AvgIpc) is 2.60. The fraction of sp³-hybridized carbons (Fsp3) is 0.158. The number of hydrogen-bond donors (Lipinski definition) is 3. The van der Waals surface area contributed by atoms with E-state index in [9.17, 15) is 0 Å². The summed E-state index contributed by atoms with van der Waals surface area (Å²) in [7, 11) is 1.75. The van der Waals surface area contributed by atoms with E-state index in [-0.39, 0.29) is 0 Å². The second-order valence-corrected chi connectivity index (χ2v) is 5.37. The van der Waals surface area contributed by atoms with Gasteiger partial charge in [-0.25, -0.2) is 4.99 Å². The third kappa shape index (κ3) is 4.46. The lowest BCUT2D eigenvalue weighted by Crippen LogP contribution is -2.20. The number of pyridine rings is 1. The molecule has 2 rings (SSSR count). The number of aryl methyl sites for hydroxylation is 1. The Labute approximate surface area is 143 Å². The van der Waals surface area contributed by atoms with E-state index in [0.29, 0.717) is 17.2 Å². The average molecular weight is 321 g/mol. The van der Waals surface area contributed by atoms with Crippen molar-refractivity contribution in [1.29, 1.82) is 0 Å². The summed E-state index contributed by atoms with van der Waals surface area (Å²) in [5.74, 6) is 0.447. The summed E-state index contributed by atoms with van der Waals surface area (Å²) in [6.45, 7) is 7.94. The number of nitrogens with two attached hydrogens (primary N) is 1. The van der Waals surface area contributed by atoms with Crippen LogP contribution in [0.2, 0.25) is 0 Å². The van der Waals surface area contributed by atoms with Crippen LogP contribution in [0.4, 0.5) is 5.69 Å². The molecule has 0 aliphatic carbocycles. The van der Waals surface area contributed by atoms with Crippen molar-refractivity contribution in [3.05, 3.63) is 83.7 Å². The Bertz CT molecular complexity index is 758. The van der Waals surface area contributed by atoms with Gasteiger partial charge in [0.15, 0.2) is 0 Å². The van der Waals surface area contributed by atoms with Crippen molar-refractivity contribution < 1.29 is 0 Å². The summed E-state index contributed by atoms with van der Waals surface area (Å²) < 4.78 is 0. The Balaban J connectivity index is 2.30. The predicted molar refractivity (Wildman–Crippen MR) is 101 cm³/mol. The molecule has 5 nitrogen and oxygen atoms in total. The summed E-state index contributed by atoms with van der Waals surface area (Å²) >= 11 is 0. The lowest BCUT2D eigenvalue weighted by atomic mass is 10.2. The first-order valence-corrected chi connectivity index (χ1v) is 7.68. The molecule has 2 aromatic rings. The number of benzene rings is 1. The van der Waals surface area contributed by atoms with Crippen LogP contribution >= 0.6 is 0 Å². The van der Waals surface area contributed by atoms with E-state index in [4.69, 9.17) is 5.73 Å². The van der Waals surface area contributed by atoms with E-state index in [0.717, 1.165) is 22.7 Å². The van der Waals surface area contributed by atoms with Crippen LogP contribution in [0.3, 0.4) is 0 Å². The summed E-state index contributed by atoms with van der Waals surface area (Å²) in [6.07, 6.45) is 1.80. The maximum absolute atomic E-state index is 6.07. The summed E-state index contributed by atoms with van der Waals surface area (Å²) in [5, 5.41) is 6.16. The minimum absolute atomic E-state index is 0.447. The highest BCUT2D eigenvalue weighted by Gasteiger charge is 2.09. The highest BCUT2D eigenvalue weighted by molar-refractivity contribution is 5.99. The van der Waals surface area contributed by atoms with Gasteiger partial charge < -0.3 is 16.4 Å². The van der Waals surface area contributed by atoms with Crippen molar-refractivity contribution in [3.63, 3.8) is 0 Å². The lowest BCUT2D eigenvalue weighted by Gasteiger charge is -2.14. The van der Waals surface area contributed by atoms with Crippen molar-refractivity contribution in [2.45, 2.75) is 13.8 Å². The van der Waals surface area contributed by atoms with Crippen LogP contribution < -0.4 is 16.4 Å². The Morgan fingerprint density at radius 2 is 1.88 bits per heavy atom. The first kappa shape index (κ1) is 17.3. The highest BCUT2D eigenvalue weighted by Crippen LogP contribution is 2.17. The van der Waals surface area contributed by atoms with Gasteiger partial charge in [0, 0.05) is 35.9 Å². The van der Waals surface area contributed by atoms with Gasteiger partial charge in [0.05, 0.1) is 5.70 Å². The second kappa shape index (κ2) is 7.97. The van der Waals surface area contributed by atoms with Crippen LogP contribution in [-0.4, -0.2) is 17.7 Å².